The lowest BCUT2D eigenvalue weighted by atomic mass is 10.1. The van der Waals surface area contributed by atoms with E-state index in [2.05, 4.69) is 16.0 Å². The molecule has 3 N–H and O–H groups in total. The van der Waals surface area contributed by atoms with Crippen LogP contribution in [0.25, 0.3) is 0 Å². The summed E-state index contributed by atoms with van der Waals surface area (Å²) in [5, 5.41) is 9.71. The Labute approximate surface area is 186 Å². The molecule has 2 aromatic rings. The summed E-state index contributed by atoms with van der Waals surface area (Å²) in [5.41, 5.74) is 2.36. The van der Waals surface area contributed by atoms with Crippen molar-refractivity contribution in [1.29, 1.82) is 0 Å². The summed E-state index contributed by atoms with van der Waals surface area (Å²) >= 11 is 1.52. The third-order valence-corrected chi connectivity index (χ3v) is 6.71. The van der Waals surface area contributed by atoms with E-state index in [1.807, 2.05) is 31.2 Å². The number of rotatable bonds is 9. The van der Waals surface area contributed by atoms with Crippen molar-refractivity contribution in [3.63, 3.8) is 0 Å². The number of ether oxygens (including phenoxy) is 2. The van der Waals surface area contributed by atoms with Gasteiger partial charge in [-0.25, -0.2) is 0 Å². The molecule has 0 saturated carbocycles. The first-order valence-corrected chi connectivity index (χ1v) is 11.8. The molecule has 0 unspecified atom stereocenters. The van der Waals surface area contributed by atoms with Crippen molar-refractivity contribution in [2.24, 2.45) is 0 Å². The van der Waals surface area contributed by atoms with Crippen LogP contribution in [0.4, 0.5) is 10.7 Å². The smallest absolute Gasteiger partial charge is 0.258 e. The third kappa shape index (κ3) is 5.44. The number of carbonyl (C=O) groups is 2. The number of benzene rings is 1. The molecule has 2 amide bonds. The Balaban J connectivity index is 1.40. The zero-order valence-corrected chi connectivity index (χ0v) is 18.6. The molecule has 0 bridgehead atoms. The van der Waals surface area contributed by atoms with Gasteiger partial charge in [0.1, 0.15) is 10.8 Å². The number of carbonyl (C=O) groups excluding carboxylic acids is 2. The fraction of sp³-hybridized carbons (Fsp3) is 0.478. The van der Waals surface area contributed by atoms with Gasteiger partial charge in [0.05, 0.1) is 24.8 Å². The second kappa shape index (κ2) is 10.3. The Bertz CT molecular complexity index is 920. The van der Waals surface area contributed by atoms with Gasteiger partial charge in [0.15, 0.2) is 0 Å². The summed E-state index contributed by atoms with van der Waals surface area (Å²) in [4.78, 5) is 26.8. The van der Waals surface area contributed by atoms with Gasteiger partial charge in [0, 0.05) is 23.7 Å². The number of hydrogen-bond donors (Lipinski definition) is 3. The zero-order valence-electron chi connectivity index (χ0n) is 17.8. The Hall–Kier alpha value is -2.42. The van der Waals surface area contributed by atoms with E-state index in [-0.39, 0.29) is 24.5 Å². The average molecular weight is 444 g/mol. The topological polar surface area (TPSA) is 88.7 Å². The monoisotopic (exact) mass is 443 g/mol. The molecular formula is C23H29N3O4S. The van der Waals surface area contributed by atoms with Gasteiger partial charge >= 0.3 is 0 Å². The minimum atomic E-state index is -0.189. The average Bonchev–Trinajstić information content (AvgIpc) is 3.47. The highest BCUT2D eigenvalue weighted by Gasteiger charge is 2.27. The van der Waals surface area contributed by atoms with Crippen molar-refractivity contribution < 1.29 is 19.1 Å². The molecule has 31 heavy (non-hydrogen) atoms. The van der Waals surface area contributed by atoms with Crippen molar-refractivity contribution in [2.45, 2.75) is 45.1 Å². The SMILES string of the molecule is CCOc1ccc(NC(=O)c2c(NC(=O)CNC[C@@H]3CCCO3)sc3c2CCC3)cc1. The predicted octanol–water partition coefficient (Wildman–Crippen LogP) is 3.59. The fourth-order valence-corrected chi connectivity index (χ4v) is 5.35. The van der Waals surface area contributed by atoms with Crippen molar-refractivity contribution in [3.05, 3.63) is 40.3 Å². The van der Waals surface area contributed by atoms with E-state index in [0.29, 0.717) is 29.4 Å². The molecule has 1 aromatic carbocycles. The van der Waals surface area contributed by atoms with E-state index in [4.69, 9.17) is 9.47 Å². The van der Waals surface area contributed by atoms with E-state index < -0.39 is 0 Å². The molecule has 1 fully saturated rings. The van der Waals surface area contributed by atoms with Crippen molar-refractivity contribution in [2.75, 3.05) is 36.9 Å². The van der Waals surface area contributed by atoms with Crippen LogP contribution in [0.1, 0.15) is 47.0 Å². The van der Waals surface area contributed by atoms with Crippen molar-refractivity contribution >= 4 is 33.8 Å². The van der Waals surface area contributed by atoms with Gasteiger partial charge in [-0.2, -0.15) is 0 Å². The van der Waals surface area contributed by atoms with Gasteiger partial charge in [-0.3, -0.25) is 9.59 Å². The molecule has 1 atom stereocenters. The minimum Gasteiger partial charge on any atom is -0.494 e. The standard InChI is InChI=1S/C23H29N3O4S/c1-2-29-16-10-8-15(9-11-16)25-22(28)21-18-6-3-7-19(18)31-23(21)26-20(27)14-24-13-17-5-4-12-30-17/h8-11,17,24H,2-7,12-14H2,1H3,(H,25,28)(H,26,27)/t17-/m0/s1. The first-order chi connectivity index (χ1) is 15.1. The molecular weight excluding hydrogens is 414 g/mol. The number of thiophene rings is 1. The summed E-state index contributed by atoms with van der Waals surface area (Å²) in [6.07, 6.45) is 5.16. The number of fused-ring (bicyclic) bond motifs is 1. The summed E-state index contributed by atoms with van der Waals surface area (Å²) in [7, 11) is 0. The van der Waals surface area contributed by atoms with E-state index in [0.717, 1.165) is 50.0 Å². The van der Waals surface area contributed by atoms with Crippen LogP contribution in [0, 0.1) is 0 Å². The highest BCUT2D eigenvalue weighted by Crippen LogP contribution is 2.39. The lowest BCUT2D eigenvalue weighted by Gasteiger charge is -2.12. The number of nitrogens with one attached hydrogen (secondary N) is 3. The second-order valence-corrected chi connectivity index (χ2v) is 8.89. The molecule has 0 radical (unpaired) electrons. The molecule has 1 saturated heterocycles. The van der Waals surface area contributed by atoms with E-state index in [1.165, 1.54) is 16.2 Å². The Morgan fingerprint density at radius 3 is 2.74 bits per heavy atom. The Kier molecular flexibility index (Phi) is 7.21. The maximum Gasteiger partial charge on any atom is 0.258 e. The fourth-order valence-electron chi connectivity index (χ4n) is 4.05. The van der Waals surface area contributed by atoms with E-state index in [9.17, 15) is 9.59 Å². The first-order valence-electron chi connectivity index (χ1n) is 10.9. The molecule has 2 heterocycles. The van der Waals surface area contributed by atoms with Crippen LogP contribution in [0.3, 0.4) is 0 Å². The molecule has 1 aromatic heterocycles. The van der Waals surface area contributed by atoms with Gasteiger partial charge in [-0.05, 0) is 68.9 Å². The van der Waals surface area contributed by atoms with E-state index >= 15 is 0 Å². The first kappa shape index (κ1) is 21.8. The van der Waals surface area contributed by atoms with Gasteiger partial charge in [-0.15, -0.1) is 11.3 Å². The van der Waals surface area contributed by atoms with Crippen molar-refractivity contribution in [1.82, 2.24) is 5.32 Å². The predicted molar refractivity (Wildman–Crippen MR) is 122 cm³/mol. The maximum absolute atomic E-state index is 13.1. The Morgan fingerprint density at radius 2 is 2.00 bits per heavy atom. The number of amides is 2. The van der Waals surface area contributed by atoms with Crippen molar-refractivity contribution in [3.8, 4) is 5.75 Å². The zero-order chi connectivity index (χ0) is 21.6. The second-order valence-electron chi connectivity index (χ2n) is 7.79. The molecule has 1 aliphatic heterocycles. The largest absolute Gasteiger partial charge is 0.494 e. The maximum atomic E-state index is 13.1. The van der Waals surface area contributed by atoms with Gasteiger partial charge < -0.3 is 25.4 Å². The summed E-state index contributed by atoms with van der Waals surface area (Å²) in [6.45, 7) is 4.19. The third-order valence-electron chi connectivity index (χ3n) is 5.51. The molecule has 0 spiro atoms. The number of hydrogen-bond acceptors (Lipinski definition) is 6. The number of aryl methyl sites for hydroxylation is 1. The van der Waals surface area contributed by atoms with Crippen LogP contribution in [0.5, 0.6) is 5.75 Å². The normalized spacial score (nSPS) is 17.4. The molecule has 4 rings (SSSR count). The van der Waals surface area contributed by atoms with Crippen LogP contribution in [0.15, 0.2) is 24.3 Å². The molecule has 8 heteroatoms. The summed E-state index contributed by atoms with van der Waals surface area (Å²) < 4.78 is 11.0. The summed E-state index contributed by atoms with van der Waals surface area (Å²) in [6, 6.07) is 7.31. The highest BCUT2D eigenvalue weighted by molar-refractivity contribution is 7.17. The minimum absolute atomic E-state index is 0.145. The van der Waals surface area contributed by atoms with Crippen LogP contribution >= 0.6 is 11.3 Å². The molecule has 166 valence electrons. The molecule has 7 nitrogen and oxygen atoms in total. The van der Waals surface area contributed by atoms with Gasteiger partial charge in [-0.1, -0.05) is 0 Å². The lowest BCUT2D eigenvalue weighted by molar-refractivity contribution is -0.115. The van der Waals surface area contributed by atoms with Gasteiger partial charge in [0.25, 0.3) is 5.91 Å². The lowest BCUT2D eigenvalue weighted by Crippen LogP contribution is -2.33. The number of anilines is 2. The van der Waals surface area contributed by atoms with Crippen LogP contribution in [-0.4, -0.2) is 44.2 Å². The van der Waals surface area contributed by atoms with Crippen LogP contribution < -0.4 is 20.7 Å². The highest BCUT2D eigenvalue weighted by atomic mass is 32.1. The van der Waals surface area contributed by atoms with Gasteiger partial charge in [0.2, 0.25) is 5.91 Å². The van der Waals surface area contributed by atoms with Crippen LogP contribution in [-0.2, 0) is 22.4 Å². The Morgan fingerprint density at radius 1 is 1.16 bits per heavy atom. The van der Waals surface area contributed by atoms with Crippen LogP contribution in [0.2, 0.25) is 0 Å². The summed E-state index contributed by atoms with van der Waals surface area (Å²) in [5.74, 6) is 0.430. The quantitative estimate of drug-likeness (QED) is 0.551. The molecule has 1 aliphatic carbocycles. The van der Waals surface area contributed by atoms with E-state index in [1.54, 1.807) is 0 Å². The molecule has 2 aliphatic rings.